The topological polar surface area (TPSA) is 140 Å². The quantitative estimate of drug-likeness (QED) is 0.490. The number of nitrogens with two attached hydrogens (primary N) is 1. The summed E-state index contributed by atoms with van der Waals surface area (Å²) in [5, 5.41) is 28.1. The van der Waals surface area contributed by atoms with Gasteiger partial charge in [-0.15, -0.1) is 5.10 Å². The maximum absolute atomic E-state index is 11.2. The Morgan fingerprint density at radius 3 is 2.87 bits per heavy atom. The summed E-state index contributed by atoms with van der Waals surface area (Å²) in [7, 11) is 0. The maximum atomic E-state index is 11.2. The summed E-state index contributed by atoms with van der Waals surface area (Å²) in [5.41, 5.74) is 8.50. The van der Waals surface area contributed by atoms with Gasteiger partial charge < -0.3 is 15.2 Å². The zero-order chi connectivity index (χ0) is 21.3. The first kappa shape index (κ1) is 19.0. The number of benzene rings is 2. The van der Waals surface area contributed by atoms with E-state index in [1.807, 2.05) is 31.2 Å². The molecule has 0 aliphatic carbocycles. The molecule has 2 heterocycles. The molecule has 0 saturated carbocycles. The SMILES string of the molecule is CCOc1ccccc1[C@@H]1C(C#N)=C(N)Oc2n[nH]c(-c3cccc([N+](=O)[O-])c3)c21. The highest BCUT2D eigenvalue weighted by molar-refractivity contribution is 5.73. The molecule has 0 bridgehead atoms. The van der Waals surface area contributed by atoms with E-state index in [0.717, 1.165) is 5.56 Å². The molecule has 9 heteroatoms. The van der Waals surface area contributed by atoms with Gasteiger partial charge in [0.15, 0.2) is 0 Å². The molecule has 30 heavy (non-hydrogen) atoms. The number of nitrogens with one attached hydrogen (secondary N) is 1. The number of nitrogens with zero attached hydrogens (tertiary/aromatic N) is 3. The molecule has 1 aliphatic heterocycles. The maximum Gasteiger partial charge on any atom is 0.270 e. The Bertz CT molecular complexity index is 1210. The van der Waals surface area contributed by atoms with Gasteiger partial charge in [-0.2, -0.15) is 5.26 Å². The van der Waals surface area contributed by atoms with Crippen LogP contribution < -0.4 is 15.2 Å². The summed E-state index contributed by atoms with van der Waals surface area (Å²) in [5.74, 6) is 0.154. The fourth-order valence-electron chi connectivity index (χ4n) is 3.56. The fraction of sp³-hybridized carbons (Fsp3) is 0.143. The van der Waals surface area contributed by atoms with Crippen molar-refractivity contribution in [1.82, 2.24) is 10.2 Å². The van der Waals surface area contributed by atoms with E-state index in [2.05, 4.69) is 16.3 Å². The third kappa shape index (κ3) is 3.10. The Kier molecular flexibility index (Phi) is 4.82. The first-order chi connectivity index (χ1) is 14.5. The summed E-state index contributed by atoms with van der Waals surface area (Å²) in [6.07, 6.45) is 0. The lowest BCUT2D eigenvalue weighted by Gasteiger charge is -2.25. The molecule has 0 unspecified atom stereocenters. The average Bonchev–Trinajstić information content (AvgIpc) is 3.17. The number of nitriles is 1. The third-order valence-electron chi connectivity index (χ3n) is 4.81. The Morgan fingerprint density at radius 1 is 1.33 bits per heavy atom. The number of rotatable bonds is 5. The molecular weight excluding hydrogens is 386 g/mol. The van der Waals surface area contributed by atoms with E-state index in [0.29, 0.717) is 29.2 Å². The van der Waals surface area contributed by atoms with Crippen LogP contribution in [0.5, 0.6) is 11.6 Å². The highest BCUT2D eigenvalue weighted by Gasteiger charge is 2.37. The Balaban J connectivity index is 1.96. The standard InChI is InChI=1S/C21H17N5O4/c1-2-29-16-9-4-3-8-14(16)17-15(11-22)20(23)30-21-18(17)19(24-25-21)12-6-5-7-13(10-12)26(27)28/h3-10,17H,2,23H2,1H3,(H,24,25)/t17-/m1/s1. The van der Waals surface area contributed by atoms with Crippen molar-refractivity contribution in [3.8, 4) is 29.0 Å². The summed E-state index contributed by atoms with van der Waals surface area (Å²) >= 11 is 0. The minimum Gasteiger partial charge on any atom is -0.494 e. The number of nitro benzene ring substituents is 1. The van der Waals surface area contributed by atoms with Crippen molar-refractivity contribution in [3.63, 3.8) is 0 Å². The van der Waals surface area contributed by atoms with Gasteiger partial charge in [-0.25, -0.2) is 0 Å². The summed E-state index contributed by atoms with van der Waals surface area (Å²) in [6, 6.07) is 15.6. The van der Waals surface area contributed by atoms with Crippen LogP contribution in [0.2, 0.25) is 0 Å². The highest BCUT2D eigenvalue weighted by Crippen LogP contribution is 2.47. The van der Waals surface area contributed by atoms with Gasteiger partial charge in [0.25, 0.3) is 5.69 Å². The number of nitro groups is 1. The van der Waals surface area contributed by atoms with E-state index in [4.69, 9.17) is 15.2 Å². The van der Waals surface area contributed by atoms with Crippen molar-refractivity contribution in [3.05, 3.63) is 81.2 Å². The minimum atomic E-state index is -0.616. The smallest absolute Gasteiger partial charge is 0.270 e. The Hall–Kier alpha value is -4.32. The molecule has 0 saturated heterocycles. The van der Waals surface area contributed by atoms with Crippen LogP contribution in [0.3, 0.4) is 0 Å². The predicted molar refractivity (Wildman–Crippen MR) is 108 cm³/mol. The Morgan fingerprint density at radius 2 is 2.13 bits per heavy atom. The first-order valence-corrected chi connectivity index (χ1v) is 9.17. The van der Waals surface area contributed by atoms with Gasteiger partial charge >= 0.3 is 0 Å². The lowest BCUT2D eigenvalue weighted by Crippen LogP contribution is -2.21. The number of ether oxygens (including phenoxy) is 2. The minimum absolute atomic E-state index is 0.0432. The number of hydrogen-bond acceptors (Lipinski definition) is 7. The van der Waals surface area contributed by atoms with Crippen LogP contribution in [-0.4, -0.2) is 21.7 Å². The number of non-ortho nitro benzene ring substituents is 1. The molecule has 3 N–H and O–H groups in total. The molecular formula is C21H17N5O4. The van der Waals surface area contributed by atoms with Crippen LogP contribution in [0.4, 0.5) is 5.69 Å². The predicted octanol–water partition coefficient (Wildman–Crippen LogP) is 3.60. The van der Waals surface area contributed by atoms with Gasteiger partial charge in [0, 0.05) is 23.3 Å². The third-order valence-corrected chi connectivity index (χ3v) is 4.81. The summed E-state index contributed by atoms with van der Waals surface area (Å²) in [6.45, 7) is 2.31. The second-order valence-corrected chi connectivity index (χ2v) is 6.52. The first-order valence-electron chi connectivity index (χ1n) is 9.17. The fourth-order valence-corrected chi connectivity index (χ4v) is 3.56. The zero-order valence-corrected chi connectivity index (χ0v) is 16.0. The number of allylic oxidation sites excluding steroid dienone is 1. The molecule has 1 aliphatic rings. The van der Waals surface area contributed by atoms with Crippen molar-refractivity contribution in [2.24, 2.45) is 5.73 Å². The number of para-hydroxylation sites is 1. The lowest BCUT2D eigenvalue weighted by molar-refractivity contribution is -0.384. The normalized spacial score (nSPS) is 15.1. The van der Waals surface area contributed by atoms with Crippen molar-refractivity contribution in [2.75, 3.05) is 6.61 Å². The number of fused-ring (bicyclic) bond motifs is 1. The molecule has 0 fully saturated rings. The van der Waals surface area contributed by atoms with Crippen LogP contribution in [-0.2, 0) is 0 Å². The molecule has 3 aromatic rings. The molecule has 1 aromatic heterocycles. The lowest BCUT2D eigenvalue weighted by atomic mass is 9.82. The van der Waals surface area contributed by atoms with E-state index in [-0.39, 0.29) is 23.0 Å². The van der Waals surface area contributed by atoms with E-state index in [9.17, 15) is 15.4 Å². The number of hydrogen-bond donors (Lipinski definition) is 2. The highest BCUT2D eigenvalue weighted by atomic mass is 16.6. The van der Waals surface area contributed by atoms with Gasteiger partial charge in [-0.3, -0.25) is 15.2 Å². The second-order valence-electron chi connectivity index (χ2n) is 6.52. The van der Waals surface area contributed by atoms with Gasteiger partial charge in [0.1, 0.15) is 17.4 Å². The molecule has 9 nitrogen and oxygen atoms in total. The summed E-state index contributed by atoms with van der Waals surface area (Å²) in [4.78, 5) is 10.8. The van der Waals surface area contributed by atoms with Crippen molar-refractivity contribution < 1.29 is 14.4 Å². The van der Waals surface area contributed by atoms with Gasteiger partial charge in [0.05, 0.1) is 28.7 Å². The van der Waals surface area contributed by atoms with Crippen LogP contribution in [0, 0.1) is 21.4 Å². The van der Waals surface area contributed by atoms with Crippen molar-refractivity contribution in [1.29, 1.82) is 5.26 Å². The van der Waals surface area contributed by atoms with Gasteiger partial charge in [-0.05, 0) is 13.0 Å². The van der Waals surface area contributed by atoms with Crippen LogP contribution >= 0.6 is 0 Å². The molecule has 2 aromatic carbocycles. The number of aromatic nitrogens is 2. The van der Waals surface area contributed by atoms with Crippen molar-refractivity contribution in [2.45, 2.75) is 12.8 Å². The van der Waals surface area contributed by atoms with E-state index < -0.39 is 10.8 Å². The molecule has 150 valence electrons. The monoisotopic (exact) mass is 403 g/mol. The molecule has 0 radical (unpaired) electrons. The van der Waals surface area contributed by atoms with Gasteiger partial charge in [-0.1, -0.05) is 30.3 Å². The van der Waals surface area contributed by atoms with Gasteiger partial charge in [0.2, 0.25) is 11.8 Å². The molecule has 1 atom stereocenters. The molecule has 0 amide bonds. The van der Waals surface area contributed by atoms with E-state index in [1.165, 1.54) is 12.1 Å². The van der Waals surface area contributed by atoms with Crippen LogP contribution in [0.1, 0.15) is 24.0 Å². The van der Waals surface area contributed by atoms with Crippen molar-refractivity contribution >= 4 is 5.69 Å². The Labute approximate surface area is 171 Å². The number of aromatic amines is 1. The van der Waals surface area contributed by atoms with Crippen LogP contribution in [0.15, 0.2) is 60.0 Å². The molecule has 4 rings (SSSR count). The van der Waals surface area contributed by atoms with E-state index >= 15 is 0 Å². The summed E-state index contributed by atoms with van der Waals surface area (Å²) < 4.78 is 11.4. The zero-order valence-electron chi connectivity index (χ0n) is 16.0. The second kappa shape index (κ2) is 7.60. The number of H-pyrrole nitrogens is 1. The average molecular weight is 403 g/mol. The van der Waals surface area contributed by atoms with E-state index in [1.54, 1.807) is 12.1 Å². The molecule has 0 spiro atoms. The largest absolute Gasteiger partial charge is 0.494 e. The van der Waals surface area contributed by atoms with Crippen LogP contribution in [0.25, 0.3) is 11.3 Å².